The van der Waals surface area contributed by atoms with Gasteiger partial charge in [0.05, 0.1) is 23.2 Å². The van der Waals surface area contributed by atoms with Crippen molar-refractivity contribution in [3.05, 3.63) is 64.2 Å². The van der Waals surface area contributed by atoms with Crippen LogP contribution >= 0.6 is 0 Å². The molecule has 35 heavy (non-hydrogen) atoms. The van der Waals surface area contributed by atoms with Gasteiger partial charge in [-0.1, -0.05) is 6.07 Å². The van der Waals surface area contributed by atoms with Crippen LogP contribution in [-0.2, 0) is 4.74 Å². The number of amides is 1. The van der Waals surface area contributed by atoms with E-state index in [1.54, 1.807) is 17.0 Å². The Bertz CT molecular complexity index is 1280. The van der Waals surface area contributed by atoms with Crippen molar-refractivity contribution in [2.24, 2.45) is 0 Å². The van der Waals surface area contributed by atoms with Crippen LogP contribution in [0.3, 0.4) is 0 Å². The van der Waals surface area contributed by atoms with Gasteiger partial charge in [-0.2, -0.15) is 0 Å². The fourth-order valence-electron chi connectivity index (χ4n) is 4.55. The van der Waals surface area contributed by atoms with Crippen molar-refractivity contribution >= 4 is 22.5 Å². The second-order valence-corrected chi connectivity index (χ2v) is 9.40. The number of carbonyl (C=O) groups excluding carboxylic acids is 1. The molecule has 0 bridgehead atoms. The Hall–Kier alpha value is -3.23. The van der Waals surface area contributed by atoms with E-state index >= 15 is 0 Å². The van der Waals surface area contributed by atoms with Gasteiger partial charge in [0.1, 0.15) is 6.33 Å². The zero-order valence-corrected chi connectivity index (χ0v) is 20.5. The third-order valence-electron chi connectivity index (χ3n) is 6.88. The van der Waals surface area contributed by atoms with Crippen LogP contribution in [0.1, 0.15) is 35.7 Å². The first-order chi connectivity index (χ1) is 17.0. The molecule has 1 N–H and O–H groups in total. The summed E-state index contributed by atoms with van der Waals surface area (Å²) in [6.07, 6.45) is 3.62. The van der Waals surface area contributed by atoms with Gasteiger partial charge in [-0.15, -0.1) is 0 Å². The maximum atomic E-state index is 13.6. The number of nitrogens with zero attached hydrogens (tertiary/aromatic N) is 4. The van der Waals surface area contributed by atoms with Crippen LogP contribution in [0, 0.1) is 6.92 Å². The van der Waals surface area contributed by atoms with E-state index in [1.807, 2.05) is 44.2 Å². The number of rotatable bonds is 8. The molecule has 0 atom stereocenters. The van der Waals surface area contributed by atoms with E-state index in [2.05, 4.69) is 20.1 Å². The Labute approximate surface area is 205 Å². The lowest BCUT2D eigenvalue weighted by Crippen LogP contribution is -2.47. The van der Waals surface area contributed by atoms with Crippen LogP contribution in [0.25, 0.3) is 16.6 Å². The first-order valence-electron chi connectivity index (χ1n) is 12.5. The summed E-state index contributed by atoms with van der Waals surface area (Å²) < 4.78 is 7.04. The highest BCUT2D eigenvalue weighted by Crippen LogP contribution is 2.23. The van der Waals surface area contributed by atoms with Gasteiger partial charge in [0.25, 0.3) is 11.5 Å². The third kappa shape index (κ3) is 5.23. The van der Waals surface area contributed by atoms with Gasteiger partial charge in [-0.05, 0) is 62.6 Å². The monoisotopic (exact) mass is 475 g/mol. The van der Waals surface area contributed by atoms with Crippen molar-refractivity contribution in [2.45, 2.75) is 32.7 Å². The van der Waals surface area contributed by atoms with Crippen molar-refractivity contribution in [3.63, 3.8) is 0 Å². The van der Waals surface area contributed by atoms with Gasteiger partial charge in [-0.25, -0.2) is 4.98 Å². The Kier molecular flexibility index (Phi) is 6.83. The van der Waals surface area contributed by atoms with E-state index in [0.717, 1.165) is 70.0 Å². The maximum absolute atomic E-state index is 13.6. The molecule has 0 spiro atoms. The predicted molar refractivity (Wildman–Crippen MR) is 138 cm³/mol. The van der Waals surface area contributed by atoms with E-state index < -0.39 is 0 Å². The van der Waals surface area contributed by atoms with E-state index in [0.29, 0.717) is 22.2 Å². The maximum Gasteiger partial charge on any atom is 0.265 e. The van der Waals surface area contributed by atoms with E-state index in [1.165, 1.54) is 0 Å². The molecule has 2 aromatic carbocycles. The minimum Gasteiger partial charge on any atom is -0.380 e. The molecule has 8 heteroatoms. The topological polar surface area (TPSA) is 79.7 Å². The molecule has 2 fully saturated rings. The number of nitrogens with one attached hydrogen (secondary N) is 1. The van der Waals surface area contributed by atoms with Crippen molar-refractivity contribution in [3.8, 4) is 5.69 Å². The Morgan fingerprint density at radius 2 is 1.91 bits per heavy atom. The quantitative estimate of drug-likeness (QED) is 0.505. The number of anilines is 1. The highest BCUT2D eigenvalue weighted by Gasteiger charge is 2.24. The second kappa shape index (κ2) is 10.2. The number of piperazine rings is 1. The fraction of sp³-hybridized carbons (Fsp3) is 0.444. The fourth-order valence-corrected chi connectivity index (χ4v) is 4.55. The first kappa shape index (κ1) is 23.5. The van der Waals surface area contributed by atoms with Gasteiger partial charge in [0.2, 0.25) is 0 Å². The van der Waals surface area contributed by atoms with Crippen molar-refractivity contribution in [1.29, 1.82) is 0 Å². The Morgan fingerprint density at radius 3 is 2.66 bits per heavy atom. The predicted octanol–water partition coefficient (Wildman–Crippen LogP) is 2.74. The van der Waals surface area contributed by atoms with Crippen LogP contribution in [-0.4, -0.2) is 72.3 Å². The smallest absolute Gasteiger partial charge is 0.265 e. The summed E-state index contributed by atoms with van der Waals surface area (Å²) >= 11 is 0. The molecule has 5 rings (SSSR count). The lowest BCUT2D eigenvalue weighted by Gasteiger charge is -2.36. The molecule has 1 amide bonds. The molecule has 1 aliphatic heterocycles. The number of benzene rings is 2. The molecule has 1 aromatic heterocycles. The van der Waals surface area contributed by atoms with Crippen LogP contribution in [0.5, 0.6) is 0 Å². The number of ether oxygens (including phenoxy) is 1. The molecule has 3 aromatic rings. The SMILES string of the molecule is CCOCCN1CCN(c2ccc3ncn(-c4cc(C(=O)NC5CC5)ccc4C)c(=O)c3c2)CC1. The van der Waals surface area contributed by atoms with Crippen LogP contribution < -0.4 is 15.8 Å². The summed E-state index contributed by atoms with van der Waals surface area (Å²) in [6.45, 7) is 10.2. The summed E-state index contributed by atoms with van der Waals surface area (Å²) in [5.74, 6) is -0.0989. The van der Waals surface area contributed by atoms with Gasteiger partial charge in [-0.3, -0.25) is 19.1 Å². The average molecular weight is 476 g/mol. The summed E-state index contributed by atoms with van der Waals surface area (Å²) in [6, 6.07) is 11.7. The van der Waals surface area contributed by atoms with Gasteiger partial charge < -0.3 is 15.0 Å². The van der Waals surface area contributed by atoms with Crippen LogP contribution in [0.4, 0.5) is 5.69 Å². The molecule has 2 heterocycles. The summed E-state index contributed by atoms with van der Waals surface area (Å²) in [5.41, 5.74) is 3.73. The van der Waals surface area contributed by atoms with Crippen LogP contribution in [0.2, 0.25) is 0 Å². The zero-order chi connectivity index (χ0) is 24.4. The van der Waals surface area contributed by atoms with Crippen molar-refractivity contribution < 1.29 is 9.53 Å². The van der Waals surface area contributed by atoms with E-state index in [-0.39, 0.29) is 17.5 Å². The standard InChI is InChI=1S/C27H33N5O3/c1-3-35-15-14-30-10-12-31(13-11-30)22-8-9-24-23(17-22)27(34)32(18-28-24)25-16-20(5-4-19(25)2)26(33)29-21-6-7-21/h4-5,8-9,16-18,21H,3,6-7,10-15H2,1-2H3,(H,29,33). The third-order valence-corrected chi connectivity index (χ3v) is 6.88. The number of carbonyl (C=O) groups is 1. The molecule has 1 aliphatic carbocycles. The number of aromatic nitrogens is 2. The molecular formula is C27H33N5O3. The Morgan fingerprint density at radius 1 is 1.11 bits per heavy atom. The molecule has 1 saturated heterocycles. The molecule has 0 radical (unpaired) electrons. The number of aryl methyl sites for hydroxylation is 1. The summed E-state index contributed by atoms with van der Waals surface area (Å²) in [7, 11) is 0. The van der Waals surface area contributed by atoms with Crippen LogP contribution in [0.15, 0.2) is 47.5 Å². The zero-order valence-electron chi connectivity index (χ0n) is 20.5. The molecule has 184 valence electrons. The Balaban J connectivity index is 1.39. The minimum atomic E-state index is -0.130. The number of hydrogen-bond donors (Lipinski definition) is 1. The molecule has 8 nitrogen and oxygen atoms in total. The average Bonchev–Trinajstić information content (AvgIpc) is 3.69. The summed E-state index contributed by atoms with van der Waals surface area (Å²) in [4.78, 5) is 35.4. The largest absolute Gasteiger partial charge is 0.380 e. The van der Waals surface area contributed by atoms with Crippen molar-refractivity contribution in [1.82, 2.24) is 19.8 Å². The van der Waals surface area contributed by atoms with E-state index in [9.17, 15) is 9.59 Å². The van der Waals surface area contributed by atoms with Gasteiger partial charge >= 0.3 is 0 Å². The van der Waals surface area contributed by atoms with E-state index in [4.69, 9.17) is 4.74 Å². The normalized spacial score (nSPS) is 16.6. The number of fused-ring (bicyclic) bond motifs is 1. The molecular weight excluding hydrogens is 442 g/mol. The summed E-state index contributed by atoms with van der Waals surface area (Å²) in [5, 5.41) is 3.60. The number of hydrogen-bond acceptors (Lipinski definition) is 6. The highest BCUT2D eigenvalue weighted by molar-refractivity contribution is 5.95. The van der Waals surface area contributed by atoms with Gasteiger partial charge in [0.15, 0.2) is 0 Å². The van der Waals surface area contributed by atoms with Crippen molar-refractivity contribution in [2.75, 3.05) is 50.8 Å². The highest BCUT2D eigenvalue weighted by atomic mass is 16.5. The lowest BCUT2D eigenvalue weighted by atomic mass is 10.1. The van der Waals surface area contributed by atoms with Gasteiger partial charge in [0, 0.05) is 56.6 Å². The second-order valence-electron chi connectivity index (χ2n) is 9.40. The lowest BCUT2D eigenvalue weighted by molar-refractivity contribution is 0.0951. The molecule has 1 saturated carbocycles. The minimum absolute atomic E-state index is 0.0989. The molecule has 2 aliphatic rings. The first-order valence-corrected chi connectivity index (χ1v) is 12.5. The molecule has 0 unspecified atom stereocenters.